The summed E-state index contributed by atoms with van der Waals surface area (Å²) >= 11 is 0. The fourth-order valence-corrected chi connectivity index (χ4v) is 2.30. The zero-order chi connectivity index (χ0) is 11.7. The molecule has 1 heterocycles. The second-order valence-corrected chi connectivity index (χ2v) is 4.47. The lowest BCUT2D eigenvalue weighted by atomic mass is 9.90. The van der Waals surface area contributed by atoms with Crippen LogP contribution < -0.4 is 10.6 Å². The van der Waals surface area contributed by atoms with E-state index in [4.69, 9.17) is 5.73 Å². The van der Waals surface area contributed by atoms with Crippen LogP contribution >= 0.6 is 0 Å². The van der Waals surface area contributed by atoms with Crippen LogP contribution in [0.25, 0.3) is 0 Å². The van der Waals surface area contributed by atoms with Crippen molar-refractivity contribution in [3.63, 3.8) is 0 Å². The highest BCUT2D eigenvalue weighted by Gasteiger charge is 2.28. The van der Waals surface area contributed by atoms with Gasteiger partial charge in [0.25, 0.3) is 0 Å². The molecule has 3 heteroatoms. The van der Waals surface area contributed by atoms with Crippen molar-refractivity contribution in [3.8, 4) is 0 Å². The molecule has 2 N–H and O–H groups in total. The molecule has 0 saturated heterocycles. The molecule has 0 radical (unpaired) electrons. The number of fused-ring (bicyclic) bond motifs is 1. The van der Waals surface area contributed by atoms with Gasteiger partial charge >= 0.3 is 0 Å². The van der Waals surface area contributed by atoms with E-state index < -0.39 is 0 Å². The number of nitrogen functional groups attached to an aromatic ring is 1. The molecule has 1 amide bonds. The van der Waals surface area contributed by atoms with Crippen LogP contribution in [-0.4, -0.2) is 12.5 Å². The van der Waals surface area contributed by atoms with Crippen molar-refractivity contribution < 1.29 is 4.79 Å². The molecule has 1 aliphatic rings. The number of anilines is 2. The minimum Gasteiger partial charge on any atom is -0.399 e. The maximum atomic E-state index is 11.9. The molecule has 16 heavy (non-hydrogen) atoms. The van der Waals surface area contributed by atoms with E-state index >= 15 is 0 Å². The summed E-state index contributed by atoms with van der Waals surface area (Å²) < 4.78 is 0. The Balaban J connectivity index is 2.46. The summed E-state index contributed by atoms with van der Waals surface area (Å²) in [6, 6.07) is 5.83. The molecule has 1 aromatic rings. The van der Waals surface area contributed by atoms with Crippen molar-refractivity contribution in [3.05, 3.63) is 23.8 Å². The van der Waals surface area contributed by atoms with Crippen molar-refractivity contribution >= 4 is 17.3 Å². The smallest absolute Gasteiger partial charge is 0.227 e. The number of nitrogens with zero attached hydrogens (tertiary/aromatic N) is 1. The fourth-order valence-electron chi connectivity index (χ4n) is 2.30. The van der Waals surface area contributed by atoms with E-state index in [9.17, 15) is 4.79 Å². The van der Waals surface area contributed by atoms with Crippen LogP contribution in [0, 0.1) is 0 Å². The van der Waals surface area contributed by atoms with Crippen molar-refractivity contribution in [1.82, 2.24) is 0 Å². The zero-order valence-electron chi connectivity index (χ0n) is 9.86. The Kier molecular flexibility index (Phi) is 2.86. The minimum absolute atomic E-state index is 0.228. The Morgan fingerprint density at radius 3 is 2.94 bits per heavy atom. The summed E-state index contributed by atoms with van der Waals surface area (Å²) in [4.78, 5) is 13.8. The van der Waals surface area contributed by atoms with E-state index in [0.717, 1.165) is 24.3 Å². The van der Waals surface area contributed by atoms with Gasteiger partial charge in [-0.1, -0.05) is 13.8 Å². The predicted octanol–water partition coefficient (Wildman–Crippen LogP) is 2.52. The van der Waals surface area contributed by atoms with Gasteiger partial charge in [0.15, 0.2) is 0 Å². The monoisotopic (exact) mass is 218 g/mol. The molecule has 1 aromatic carbocycles. The summed E-state index contributed by atoms with van der Waals surface area (Å²) in [5, 5.41) is 0. The molecule has 2 rings (SSSR count). The second kappa shape index (κ2) is 4.16. The summed E-state index contributed by atoms with van der Waals surface area (Å²) in [5.41, 5.74) is 8.81. The number of hydrogen-bond donors (Lipinski definition) is 1. The number of hydrogen-bond acceptors (Lipinski definition) is 2. The standard InChI is InChI=1S/C13H18N2O/c1-3-6-15-12-5-4-10(14)8-11(12)9(2)7-13(15)16/h4-5,8-9H,3,6-7,14H2,1-2H3. The van der Waals surface area contributed by atoms with Gasteiger partial charge in [-0.15, -0.1) is 0 Å². The van der Waals surface area contributed by atoms with E-state index in [1.54, 1.807) is 0 Å². The molecule has 0 fully saturated rings. The van der Waals surface area contributed by atoms with Gasteiger partial charge in [-0.25, -0.2) is 0 Å². The molecular formula is C13H18N2O. The van der Waals surface area contributed by atoms with E-state index in [1.165, 1.54) is 5.56 Å². The Labute approximate surface area is 96.2 Å². The number of benzene rings is 1. The van der Waals surface area contributed by atoms with E-state index in [0.29, 0.717) is 6.42 Å². The van der Waals surface area contributed by atoms with Crippen LogP contribution in [0.4, 0.5) is 11.4 Å². The van der Waals surface area contributed by atoms with Crippen molar-refractivity contribution in [1.29, 1.82) is 0 Å². The molecule has 1 atom stereocenters. The number of carbonyl (C=O) groups is 1. The lowest BCUT2D eigenvalue weighted by Crippen LogP contribution is -2.36. The van der Waals surface area contributed by atoms with Gasteiger partial charge in [-0.2, -0.15) is 0 Å². The van der Waals surface area contributed by atoms with Gasteiger partial charge in [0, 0.05) is 24.3 Å². The van der Waals surface area contributed by atoms with Crippen molar-refractivity contribution in [2.45, 2.75) is 32.6 Å². The van der Waals surface area contributed by atoms with Gasteiger partial charge in [-0.3, -0.25) is 4.79 Å². The van der Waals surface area contributed by atoms with Crippen molar-refractivity contribution in [2.75, 3.05) is 17.2 Å². The molecule has 0 aliphatic carbocycles. The highest BCUT2D eigenvalue weighted by Crippen LogP contribution is 2.36. The Morgan fingerprint density at radius 1 is 1.50 bits per heavy atom. The SMILES string of the molecule is CCCN1C(=O)CC(C)c2cc(N)ccc21. The van der Waals surface area contributed by atoms with Gasteiger partial charge in [-0.05, 0) is 36.1 Å². The lowest BCUT2D eigenvalue weighted by molar-refractivity contribution is -0.119. The molecule has 0 aromatic heterocycles. The number of rotatable bonds is 2. The van der Waals surface area contributed by atoms with E-state index in [-0.39, 0.29) is 11.8 Å². The third kappa shape index (κ3) is 1.77. The molecule has 3 nitrogen and oxygen atoms in total. The maximum Gasteiger partial charge on any atom is 0.227 e. The Morgan fingerprint density at radius 2 is 2.25 bits per heavy atom. The normalized spacial score (nSPS) is 19.8. The second-order valence-electron chi connectivity index (χ2n) is 4.47. The van der Waals surface area contributed by atoms with Crippen LogP contribution in [0.3, 0.4) is 0 Å². The third-order valence-corrected chi connectivity index (χ3v) is 3.10. The van der Waals surface area contributed by atoms with Gasteiger partial charge < -0.3 is 10.6 Å². The minimum atomic E-state index is 0.228. The molecule has 1 aliphatic heterocycles. The van der Waals surface area contributed by atoms with Gasteiger partial charge in [0.05, 0.1) is 0 Å². The molecular weight excluding hydrogens is 200 g/mol. The molecule has 86 valence electrons. The highest BCUT2D eigenvalue weighted by atomic mass is 16.2. The molecule has 1 unspecified atom stereocenters. The van der Waals surface area contributed by atoms with Crippen LogP contribution in [0.15, 0.2) is 18.2 Å². The largest absolute Gasteiger partial charge is 0.399 e. The average molecular weight is 218 g/mol. The van der Waals surface area contributed by atoms with Gasteiger partial charge in [0.2, 0.25) is 5.91 Å². The van der Waals surface area contributed by atoms with Gasteiger partial charge in [0.1, 0.15) is 0 Å². The van der Waals surface area contributed by atoms with E-state index in [1.807, 2.05) is 23.1 Å². The highest BCUT2D eigenvalue weighted by molar-refractivity contribution is 5.97. The van der Waals surface area contributed by atoms with Crippen LogP contribution in [0.1, 0.15) is 38.2 Å². The predicted molar refractivity (Wildman–Crippen MR) is 66.5 cm³/mol. The molecule has 0 saturated carbocycles. The molecule has 0 spiro atoms. The quantitative estimate of drug-likeness (QED) is 0.775. The zero-order valence-corrected chi connectivity index (χ0v) is 9.86. The lowest BCUT2D eigenvalue weighted by Gasteiger charge is -2.32. The third-order valence-electron chi connectivity index (χ3n) is 3.10. The molecule has 0 bridgehead atoms. The number of carbonyl (C=O) groups excluding carboxylic acids is 1. The first-order valence-corrected chi connectivity index (χ1v) is 5.83. The summed E-state index contributed by atoms with van der Waals surface area (Å²) in [5.74, 6) is 0.505. The number of nitrogens with two attached hydrogens (primary N) is 1. The van der Waals surface area contributed by atoms with E-state index in [2.05, 4.69) is 13.8 Å². The average Bonchev–Trinajstić information content (AvgIpc) is 2.24. The number of amides is 1. The first-order valence-electron chi connectivity index (χ1n) is 5.83. The summed E-state index contributed by atoms with van der Waals surface area (Å²) in [6.07, 6.45) is 1.57. The van der Waals surface area contributed by atoms with Crippen molar-refractivity contribution in [2.24, 2.45) is 0 Å². The Hall–Kier alpha value is -1.51. The summed E-state index contributed by atoms with van der Waals surface area (Å²) in [6.45, 7) is 4.96. The Bertz CT molecular complexity index is 414. The van der Waals surface area contributed by atoms with Crippen LogP contribution in [0.5, 0.6) is 0 Å². The first kappa shape index (κ1) is 11.0. The fraction of sp³-hybridized carbons (Fsp3) is 0.462. The van der Waals surface area contributed by atoms with Crippen LogP contribution in [0.2, 0.25) is 0 Å². The first-order chi connectivity index (χ1) is 7.63. The topological polar surface area (TPSA) is 46.3 Å². The summed E-state index contributed by atoms with van der Waals surface area (Å²) in [7, 11) is 0. The maximum absolute atomic E-state index is 11.9. The van der Waals surface area contributed by atoms with Crippen LogP contribution in [-0.2, 0) is 4.79 Å².